The Balaban J connectivity index is 2.20. The van der Waals surface area contributed by atoms with Crippen LogP contribution in [-0.2, 0) is 20.5 Å². The first-order valence-electron chi connectivity index (χ1n) is 6.32. The van der Waals surface area contributed by atoms with Crippen LogP contribution in [0.5, 0.6) is 0 Å². The summed E-state index contributed by atoms with van der Waals surface area (Å²) in [5, 5.41) is 12.4. The van der Waals surface area contributed by atoms with Crippen LogP contribution in [0.2, 0.25) is 0 Å². The van der Waals surface area contributed by atoms with Crippen molar-refractivity contribution >= 4 is 0 Å². The van der Waals surface area contributed by atoms with E-state index in [1.807, 2.05) is 29.7 Å². The molecule has 0 aliphatic rings. The van der Waals surface area contributed by atoms with Crippen LogP contribution in [0.4, 0.5) is 0 Å². The van der Waals surface area contributed by atoms with E-state index in [-0.39, 0.29) is 6.04 Å². The van der Waals surface area contributed by atoms with Gasteiger partial charge >= 0.3 is 0 Å². The van der Waals surface area contributed by atoms with Crippen molar-refractivity contribution in [2.75, 3.05) is 6.54 Å². The van der Waals surface area contributed by atoms with Crippen molar-refractivity contribution in [1.29, 1.82) is 0 Å². The third kappa shape index (κ3) is 2.79. The van der Waals surface area contributed by atoms with Gasteiger partial charge in [-0.05, 0) is 19.5 Å². The number of rotatable bonds is 5. The predicted molar refractivity (Wildman–Crippen MR) is 71.3 cm³/mol. The Morgan fingerprint density at radius 3 is 2.56 bits per heavy atom. The molecule has 0 amide bonds. The highest BCUT2D eigenvalue weighted by atomic mass is 15.3. The molecule has 1 N–H and O–H groups in total. The van der Waals surface area contributed by atoms with Crippen molar-refractivity contribution in [1.82, 2.24) is 24.9 Å². The summed E-state index contributed by atoms with van der Waals surface area (Å²) in [6.45, 7) is 5.11. The standard InChI is InChI=1S/C13H21N5/c1-5-14-13(8-11-6-7-17(3)16-11)12-9-18(4)15-10(12)2/h6-7,9,13-14H,5,8H2,1-4H3. The van der Waals surface area contributed by atoms with Crippen LogP contribution in [-0.4, -0.2) is 26.1 Å². The quantitative estimate of drug-likeness (QED) is 0.867. The molecule has 2 rings (SSSR count). The first-order valence-corrected chi connectivity index (χ1v) is 6.32. The summed E-state index contributed by atoms with van der Waals surface area (Å²) in [6, 6.07) is 2.34. The van der Waals surface area contributed by atoms with Gasteiger partial charge in [0.15, 0.2) is 0 Å². The van der Waals surface area contributed by atoms with E-state index in [9.17, 15) is 0 Å². The van der Waals surface area contributed by atoms with Gasteiger partial charge in [-0.15, -0.1) is 0 Å². The fourth-order valence-electron chi connectivity index (χ4n) is 2.28. The molecule has 5 nitrogen and oxygen atoms in total. The van der Waals surface area contributed by atoms with Gasteiger partial charge in [0, 0.05) is 44.5 Å². The van der Waals surface area contributed by atoms with Crippen LogP contribution < -0.4 is 5.32 Å². The molecule has 5 heteroatoms. The molecule has 0 bridgehead atoms. The minimum Gasteiger partial charge on any atom is -0.310 e. The highest BCUT2D eigenvalue weighted by molar-refractivity contribution is 5.22. The van der Waals surface area contributed by atoms with E-state index >= 15 is 0 Å². The van der Waals surface area contributed by atoms with Gasteiger partial charge in [0.25, 0.3) is 0 Å². The second-order valence-corrected chi connectivity index (χ2v) is 4.64. The van der Waals surface area contributed by atoms with Crippen LogP contribution in [0.25, 0.3) is 0 Å². The predicted octanol–water partition coefficient (Wildman–Crippen LogP) is 1.36. The molecule has 2 aromatic heterocycles. The fraction of sp³-hybridized carbons (Fsp3) is 0.538. The molecule has 0 spiro atoms. The summed E-state index contributed by atoms with van der Waals surface area (Å²) >= 11 is 0. The lowest BCUT2D eigenvalue weighted by Crippen LogP contribution is -2.23. The minimum absolute atomic E-state index is 0.276. The largest absolute Gasteiger partial charge is 0.310 e. The van der Waals surface area contributed by atoms with E-state index in [2.05, 4.69) is 41.6 Å². The van der Waals surface area contributed by atoms with Gasteiger partial charge in [-0.25, -0.2) is 0 Å². The van der Waals surface area contributed by atoms with Gasteiger partial charge in [0.2, 0.25) is 0 Å². The van der Waals surface area contributed by atoms with E-state index < -0.39 is 0 Å². The molecule has 0 aliphatic carbocycles. The molecule has 0 fully saturated rings. The highest BCUT2D eigenvalue weighted by Gasteiger charge is 2.17. The molecular formula is C13H21N5. The zero-order valence-electron chi connectivity index (χ0n) is 11.5. The number of likely N-dealkylation sites (N-methyl/N-ethyl adjacent to an activating group) is 1. The molecular weight excluding hydrogens is 226 g/mol. The summed E-state index contributed by atoms with van der Waals surface area (Å²) in [7, 11) is 3.90. The Bertz CT molecular complexity index is 511. The van der Waals surface area contributed by atoms with Crippen molar-refractivity contribution < 1.29 is 0 Å². The van der Waals surface area contributed by atoms with E-state index in [1.54, 1.807) is 0 Å². The monoisotopic (exact) mass is 247 g/mol. The first kappa shape index (κ1) is 12.8. The first-order chi connectivity index (χ1) is 8.60. The molecule has 2 heterocycles. The highest BCUT2D eigenvalue weighted by Crippen LogP contribution is 2.20. The molecule has 98 valence electrons. The van der Waals surface area contributed by atoms with Crippen molar-refractivity contribution in [2.45, 2.75) is 26.3 Å². The Morgan fingerprint density at radius 2 is 2.06 bits per heavy atom. The third-order valence-corrected chi connectivity index (χ3v) is 3.06. The Labute approximate surface area is 108 Å². The fourth-order valence-corrected chi connectivity index (χ4v) is 2.28. The molecule has 0 radical (unpaired) electrons. The van der Waals surface area contributed by atoms with Crippen molar-refractivity contribution in [3.63, 3.8) is 0 Å². The number of aromatic nitrogens is 4. The van der Waals surface area contributed by atoms with Gasteiger partial charge in [-0.3, -0.25) is 9.36 Å². The molecule has 0 saturated carbocycles. The lowest BCUT2D eigenvalue weighted by molar-refractivity contribution is 0.537. The lowest BCUT2D eigenvalue weighted by Gasteiger charge is -2.16. The van der Waals surface area contributed by atoms with Crippen LogP contribution in [0, 0.1) is 6.92 Å². The number of nitrogens with zero attached hydrogens (tertiary/aromatic N) is 4. The van der Waals surface area contributed by atoms with Crippen LogP contribution in [0.3, 0.4) is 0 Å². The van der Waals surface area contributed by atoms with Crippen molar-refractivity contribution in [3.8, 4) is 0 Å². The normalized spacial score (nSPS) is 12.9. The van der Waals surface area contributed by atoms with Gasteiger partial charge in [0.05, 0.1) is 11.4 Å². The molecule has 1 atom stereocenters. The average molecular weight is 247 g/mol. The smallest absolute Gasteiger partial charge is 0.0643 e. The van der Waals surface area contributed by atoms with Crippen molar-refractivity contribution in [2.24, 2.45) is 14.1 Å². The number of aryl methyl sites for hydroxylation is 3. The van der Waals surface area contributed by atoms with E-state index in [1.165, 1.54) is 5.56 Å². The molecule has 1 unspecified atom stereocenters. The summed E-state index contributed by atoms with van der Waals surface area (Å²) < 4.78 is 3.71. The Kier molecular flexibility index (Phi) is 3.81. The topological polar surface area (TPSA) is 47.7 Å². The van der Waals surface area contributed by atoms with Gasteiger partial charge in [-0.2, -0.15) is 10.2 Å². The lowest BCUT2D eigenvalue weighted by atomic mass is 10.0. The summed E-state index contributed by atoms with van der Waals surface area (Å²) in [4.78, 5) is 0. The number of hydrogen-bond acceptors (Lipinski definition) is 3. The Morgan fingerprint density at radius 1 is 1.28 bits per heavy atom. The molecule has 0 aliphatic heterocycles. The maximum Gasteiger partial charge on any atom is 0.0643 e. The SMILES string of the molecule is CCNC(Cc1ccn(C)n1)c1cn(C)nc1C. The van der Waals surface area contributed by atoms with Crippen LogP contribution in [0.1, 0.15) is 29.9 Å². The summed E-state index contributed by atoms with van der Waals surface area (Å²) in [5.74, 6) is 0. The second-order valence-electron chi connectivity index (χ2n) is 4.64. The summed E-state index contributed by atoms with van der Waals surface area (Å²) in [5.41, 5.74) is 3.44. The third-order valence-electron chi connectivity index (χ3n) is 3.06. The molecule has 2 aromatic rings. The zero-order valence-corrected chi connectivity index (χ0v) is 11.5. The number of nitrogens with one attached hydrogen (secondary N) is 1. The molecule has 0 saturated heterocycles. The summed E-state index contributed by atoms with van der Waals surface area (Å²) in [6.07, 6.45) is 4.96. The zero-order chi connectivity index (χ0) is 13.1. The van der Waals surface area contributed by atoms with Crippen molar-refractivity contribution in [3.05, 3.63) is 35.4 Å². The van der Waals surface area contributed by atoms with E-state index in [0.29, 0.717) is 0 Å². The molecule has 0 aromatic carbocycles. The van der Waals surface area contributed by atoms with Gasteiger partial charge < -0.3 is 5.32 Å². The maximum absolute atomic E-state index is 4.44. The molecule has 18 heavy (non-hydrogen) atoms. The van der Waals surface area contributed by atoms with E-state index in [4.69, 9.17) is 0 Å². The maximum atomic E-state index is 4.44. The Hall–Kier alpha value is -1.62. The van der Waals surface area contributed by atoms with E-state index in [0.717, 1.165) is 24.4 Å². The van der Waals surface area contributed by atoms with Crippen LogP contribution >= 0.6 is 0 Å². The van der Waals surface area contributed by atoms with Gasteiger partial charge in [0.1, 0.15) is 0 Å². The second kappa shape index (κ2) is 5.35. The van der Waals surface area contributed by atoms with Gasteiger partial charge in [-0.1, -0.05) is 6.92 Å². The number of hydrogen-bond donors (Lipinski definition) is 1. The average Bonchev–Trinajstić information content (AvgIpc) is 2.84. The minimum atomic E-state index is 0.276. The van der Waals surface area contributed by atoms with Crippen LogP contribution in [0.15, 0.2) is 18.5 Å².